The molecule has 2 aromatic rings. The van der Waals surface area contributed by atoms with Crippen molar-refractivity contribution >= 4 is 11.8 Å². The Hall–Kier alpha value is -2.66. The number of aliphatic hydroxyl groups is 1. The Morgan fingerprint density at radius 3 is 2.17 bits per heavy atom. The zero-order valence-electron chi connectivity index (χ0n) is 12.7. The number of carbonyl (C=O) groups is 2. The number of carbonyl (C=O) groups excluding carboxylic acids is 2. The van der Waals surface area contributed by atoms with Crippen LogP contribution in [0.5, 0.6) is 5.75 Å². The van der Waals surface area contributed by atoms with Crippen LogP contribution >= 0.6 is 0 Å². The SMILES string of the molecule is Cc1ccccc1OC[C@@H](O)CN1C(=O)c2ccccc2C1=O. The average molecular weight is 311 g/mol. The van der Waals surface area contributed by atoms with Crippen molar-refractivity contribution in [3.05, 3.63) is 65.2 Å². The molecule has 0 unspecified atom stereocenters. The minimum atomic E-state index is -0.947. The van der Waals surface area contributed by atoms with E-state index in [1.165, 1.54) is 0 Å². The Balaban J connectivity index is 1.63. The van der Waals surface area contributed by atoms with E-state index < -0.39 is 6.10 Å². The number of aryl methyl sites for hydroxylation is 1. The molecule has 1 atom stereocenters. The van der Waals surface area contributed by atoms with Crippen LogP contribution < -0.4 is 4.74 Å². The second-order valence-corrected chi connectivity index (χ2v) is 5.50. The molecule has 3 rings (SSSR count). The number of β-amino-alcohol motifs (C(OH)–C–C–N with tert-alkyl or cyclic N) is 1. The van der Waals surface area contributed by atoms with Crippen molar-refractivity contribution in [3.8, 4) is 5.75 Å². The number of para-hydroxylation sites is 1. The summed E-state index contributed by atoms with van der Waals surface area (Å²) in [6.45, 7) is 1.84. The van der Waals surface area contributed by atoms with E-state index >= 15 is 0 Å². The van der Waals surface area contributed by atoms with Crippen LogP contribution in [0.3, 0.4) is 0 Å². The summed E-state index contributed by atoms with van der Waals surface area (Å²) >= 11 is 0. The number of ether oxygens (including phenoxy) is 1. The largest absolute Gasteiger partial charge is 0.491 e. The summed E-state index contributed by atoms with van der Waals surface area (Å²) in [4.78, 5) is 25.5. The van der Waals surface area contributed by atoms with Crippen molar-refractivity contribution in [1.82, 2.24) is 4.90 Å². The van der Waals surface area contributed by atoms with Crippen molar-refractivity contribution < 1.29 is 19.4 Å². The first-order chi connectivity index (χ1) is 11.1. The molecule has 118 valence electrons. The van der Waals surface area contributed by atoms with E-state index in [4.69, 9.17) is 4.74 Å². The highest BCUT2D eigenvalue weighted by Crippen LogP contribution is 2.23. The predicted molar refractivity (Wildman–Crippen MR) is 84.5 cm³/mol. The number of hydrogen-bond donors (Lipinski definition) is 1. The Morgan fingerprint density at radius 1 is 1.00 bits per heavy atom. The van der Waals surface area contributed by atoms with Crippen molar-refractivity contribution in [2.75, 3.05) is 13.2 Å². The zero-order chi connectivity index (χ0) is 16.4. The van der Waals surface area contributed by atoms with E-state index in [1.807, 2.05) is 31.2 Å². The van der Waals surface area contributed by atoms with Gasteiger partial charge in [0.25, 0.3) is 11.8 Å². The van der Waals surface area contributed by atoms with Gasteiger partial charge in [0.2, 0.25) is 0 Å². The second kappa shape index (κ2) is 6.22. The predicted octanol–water partition coefficient (Wildman–Crippen LogP) is 2.03. The van der Waals surface area contributed by atoms with E-state index in [0.717, 1.165) is 10.5 Å². The average Bonchev–Trinajstić information content (AvgIpc) is 2.80. The lowest BCUT2D eigenvalue weighted by atomic mass is 10.1. The standard InChI is InChI=1S/C18H17NO4/c1-12-6-2-5-9-16(12)23-11-13(20)10-19-17(21)14-7-3-4-8-15(14)18(19)22/h2-9,13,20H,10-11H2,1H3/t13-/m0/s1. The molecule has 23 heavy (non-hydrogen) atoms. The number of benzene rings is 2. The molecule has 1 aliphatic heterocycles. The molecule has 5 heteroatoms. The Labute approximate surface area is 134 Å². The summed E-state index contributed by atoms with van der Waals surface area (Å²) in [5, 5.41) is 10.1. The van der Waals surface area contributed by atoms with Gasteiger partial charge in [0.05, 0.1) is 17.7 Å². The first-order valence-corrected chi connectivity index (χ1v) is 7.39. The third-order valence-corrected chi connectivity index (χ3v) is 3.80. The normalized spacial score (nSPS) is 14.8. The fraction of sp³-hybridized carbons (Fsp3) is 0.222. The molecule has 1 heterocycles. The van der Waals surface area contributed by atoms with E-state index in [2.05, 4.69) is 0 Å². The van der Waals surface area contributed by atoms with Crippen LogP contribution in [-0.2, 0) is 0 Å². The Bertz CT molecular complexity index is 721. The quantitative estimate of drug-likeness (QED) is 0.858. The first kappa shape index (κ1) is 15.2. The van der Waals surface area contributed by atoms with Gasteiger partial charge in [0.15, 0.2) is 0 Å². The van der Waals surface area contributed by atoms with Crippen molar-refractivity contribution in [2.45, 2.75) is 13.0 Å². The highest BCUT2D eigenvalue weighted by molar-refractivity contribution is 6.21. The molecule has 0 bridgehead atoms. The van der Waals surface area contributed by atoms with Crippen LogP contribution in [0, 0.1) is 6.92 Å². The maximum atomic E-state index is 12.2. The summed E-state index contributed by atoms with van der Waals surface area (Å²) in [5.41, 5.74) is 1.72. The molecule has 0 aliphatic carbocycles. The molecule has 1 N–H and O–H groups in total. The first-order valence-electron chi connectivity index (χ1n) is 7.39. The number of nitrogens with zero attached hydrogens (tertiary/aromatic N) is 1. The third-order valence-electron chi connectivity index (χ3n) is 3.80. The van der Waals surface area contributed by atoms with Crippen LogP contribution in [0.15, 0.2) is 48.5 Å². The van der Waals surface area contributed by atoms with Crippen LogP contribution in [0.2, 0.25) is 0 Å². The van der Waals surface area contributed by atoms with Crippen LogP contribution in [-0.4, -0.2) is 41.1 Å². The van der Waals surface area contributed by atoms with Crippen molar-refractivity contribution in [1.29, 1.82) is 0 Å². The zero-order valence-corrected chi connectivity index (χ0v) is 12.7. The second-order valence-electron chi connectivity index (χ2n) is 5.50. The van der Waals surface area contributed by atoms with E-state index in [0.29, 0.717) is 16.9 Å². The third kappa shape index (κ3) is 2.96. The molecule has 0 spiro atoms. The molecule has 0 radical (unpaired) electrons. The van der Waals surface area contributed by atoms with Crippen LogP contribution in [0.4, 0.5) is 0 Å². The minimum Gasteiger partial charge on any atom is -0.491 e. The lowest BCUT2D eigenvalue weighted by Gasteiger charge is -2.19. The molecule has 2 aromatic carbocycles. The van der Waals surface area contributed by atoms with Gasteiger partial charge >= 0.3 is 0 Å². The van der Waals surface area contributed by atoms with E-state index in [9.17, 15) is 14.7 Å². The van der Waals surface area contributed by atoms with Gasteiger partial charge in [-0.2, -0.15) is 0 Å². The number of fused-ring (bicyclic) bond motifs is 1. The summed E-state index contributed by atoms with van der Waals surface area (Å²) in [7, 11) is 0. The van der Waals surface area contributed by atoms with Gasteiger partial charge in [0, 0.05) is 0 Å². The van der Waals surface area contributed by atoms with Crippen LogP contribution in [0.25, 0.3) is 0 Å². The molecule has 0 saturated heterocycles. The summed E-state index contributed by atoms with van der Waals surface area (Å²) < 4.78 is 5.56. The van der Waals surface area contributed by atoms with Crippen molar-refractivity contribution in [2.24, 2.45) is 0 Å². The topological polar surface area (TPSA) is 66.8 Å². The summed E-state index contributed by atoms with van der Waals surface area (Å²) in [6.07, 6.45) is -0.947. The number of imide groups is 1. The smallest absolute Gasteiger partial charge is 0.261 e. The molecular formula is C18H17NO4. The summed E-state index contributed by atoms with van der Waals surface area (Å²) in [5.74, 6) is -0.0741. The number of aliphatic hydroxyl groups excluding tert-OH is 1. The van der Waals surface area contributed by atoms with E-state index in [-0.39, 0.29) is 25.0 Å². The fourth-order valence-electron chi connectivity index (χ4n) is 2.57. The highest BCUT2D eigenvalue weighted by atomic mass is 16.5. The molecule has 5 nitrogen and oxygen atoms in total. The van der Waals surface area contributed by atoms with Crippen LogP contribution in [0.1, 0.15) is 26.3 Å². The monoisotopic (exact) mass is 311 g/mol. The van der Waals surface area contributed by atoms with Gasteiger partial charge in [-0.1, -0.05) is 30.3 Å². The molecule has 0 aromatic heterocycles. The maximum absolute atomic E-state index is 12.2. The molecule has 2 amide bonds. The Morgan fingerprint density at radius 2 is 1.57 bits per heavy atom. The molecular weight excluding hydrogens is 294 g/mol. The lowest BCUT2D eigenvalue weighted by molar-refractivity contribution is 0.0456. The van der Waals surface area contributed by atoms with Gasteiger partial charge in [-0.25, -0.2) is 0 Å². The summed E-state index contributed by atoms with van der Waals surface area (Å²) in [6, 6.07) is 14.1. The van der Waals surface area contributed by atoms with Gasteiger partial charge in [-0.05, 0) is 30.7 Å². The molecule has 0 saturated carbocycles. The maximum Gasteiger partial charge on any atom is 0.261 e. The van der Waals surface area contributed by atoms with Crippen molar-refractivity contribution in [3.63, 3.8) is 0 Å². The minimum absolute atomic E-state index is 0.0122. The highest BCUT2D eigenvalue weighted by Gasteiger charge is 2.36. The number of rotatable bonds is 5. The Kier molecular flexibility index (Phi) is 4.12. The lowest BCUT2D eigenvalue weighted by Crippen LogP contribution is -2.39. The number of amides is 2. The molecule has 0 fully saturated rings. The van der Waals surface area contributed by atoms with Gasteiger partial charge in [-0.3, -0.25) is 14.5 Å². The van der Waals surface area contributed by atoms with Gasteiger partial charge < -0.3 is 9.84 Å². The van der Waals surface area contributed by atoms with Gasteiger partial charge in [-0.15, -0.1) is 0 Å². The fourth-order valence-corrected chi connectivity index (χ4v) is 2.57. The van der Waals surface area contributed by atoms with E-state index in [1.54, 1.807) is 24.3 Å². The number of hydrogen-bond acceptors (Lipinski definition) is 4. The van der Waals surface area contributed by atoms with Gasteiger partial charge in [0.1, 0.15) is 18.5 Å². The molecule has 1 aliphatic rings.